The molecule has 4 rings (SSSR count). The van der Waals surface area contributed by atoms with Crippen LogP contribution in [-0.4, -0.2) is 35.1 Å². The zero-order valence-corrected chi connectivity index (χ0v) is 19.4. The van der Waals surface area contributed by atoms with E-state index < -0.39 is 17.7 Å². The van der Waals surface area contributed by atoms with Crippen molar-refractivity contribution in [3.63, 3.8) is 0 Å². The number of fused-ring (bicyclic) bond motifs is 1. The molecule has 2 aromatic rings. The molecule has 8 nitrogen and oxygen atoms in total. The Balaban J connectivity index is 1.68. The molecule has 1 aromatic heterocycles. The number of nitriles is 1. The Kier molecular flexibility index (Phi) is 6.68. The van der Waals surface area contributed by atoms with E-state index in [-0.39, 0.29) is 17.4 Å². The molecule has 3 atom stereocenters. The molecule has 3 heterocycles. The molecule has 1 aromatic carbocycles. The van der Waals surface area contributed by atoms with Crippen LogP contribution in [0.15, 0.2) is 29.1 Å². The third-order valence-electron chi connectivity index (χ3n) is 6.53. The Bertz CT molecular complexity index is 1100. The van der Waals surface area contributed by atoms with Crippen LogP contribution in [0.2, 0.25) is 0 Å². The summed E-state index contributed by atoms with van der Waals surface area (Å²) in [6.45, 7) is 7.82. The van der Waals surface area contributed by atoms with Gasteiger partial charge < -0.3 is 15.0 Å². The Labute approximate surface area is 194 Å². The average Bonchev–Trinajstić information content (AvgIpc) is 2.78. The van der Waals surface area contributed by atoms with Crippen LogP contribution in [-0.2, 0) is 4.79 Å². The van der Waals surface area contributed by atoms with Crippen molar-refractivity contribution >= 4 is 17.7 Å². The fourth-order valence-electron chi connectivity index (χ4n) is 4.59. The molecule has 2 aliphatic heterocycles. The number of rotatable bonds is 6. The largest absolute Gasteiger partial charge is 0.494 e. The molecule has 0 aliphatic carbocycles. The van der Waals surface area contributed by atoms with E-state index in [4.69, 9.17) is 4.74 Å². The van der Waals surface area contributed by atoms with Gasteiger partial charge >= 0.3 is 0 Å². The lowest BCUT2D eigenvalue weighted by atomic mass is 9.79. The maximum absolute atomic E-state index is 13.3. The number of nitrogens with zero attached hydrogens (tertiary/aromatic N) is 3. The number of hydrogen-bond acceptors (Lipinski definition) is 6. The smallest absolute Gasteiger partial charge is 0.258 e. The quantitative estimate of drug-likeness (QED) is 0.694. The van der Waals surface area contributed by atoms with Crippen LogP contribution in [0.25, 0.3) is 0 Å². The first-order valence-electron chi connectivity index (χ1n) is 11.7. The summed E-state index contributed by atoms with van der Waals surface area (Å²) in [6.07, 6.45) is 4.15. The second kappa shape index (κ2) is 9.65. The maximum Gasteiger partial charge on any atom is 0.258 e. The lowest BCUT2D eigenvalue weighted by Crippen LogP contribution is -2.42. The first-order chi connectivity index (χ1) is 15.9. The molecule has 1 amide bonds. The first-order valence-corrected chi connectivity index (χ1v) is 11.7. The van der Waals surface area contributed by atoms with Crippen LogP contribution in [0.1, 0.15) is 63.5 Å². The van der Waals surface area contributed by atoms with Crippen molar-refractivity contribution in [2.24, 2.45) is 11.8 Å². The summed E-state index contributed by atoms with van der Waals surface area (Å²) in [5, 5.41) is 12.5. The molecule has 174 valence electrons. The van der Waals surface area contributed by atoms with E-state index in [2.05, 4.69) is 47.0 Å². The number of carbonyl (C=O) groups excluding carboxylic acids is 1. The summed E-state index contributed by atoms with van der Waals surface area (Å²) < 4.78 is 5.79. The van der Waals surface area contributed by atoms with Crippen LogP contribution in [0, 0.1) is 23.2 Å². The zero-order valence-electron chi connectivity index (χ0n) is 19.4. The number of piperidine rings is 1. The predicted octanol–water partition coefficient (Wildman–Crippen LogP) is 3.80. The first kappa shape index (κ1) is 22.8. The van der Waals surface area contributed by atoms with Gasteiger partial charge in [0.1, 0.15) is 17.5 Å². The predicted molar refractivity (Wildman–Crippen MR) is 126 cm³/mol. The molecule has 8 heteroatoms. The minimum atomic E-state index is -1.02. The Morgan fingerprint density at radius 3 is 2.67 bits per heavy atom. The number of amides is 1. The summed E-state index contributed by atoms with van der Waals surface area (Å²) in [5.74, 6) is -0.187. The van der Waals surface area contributed by atoms with Gasteiger partial charge in [0, 0.05) is 18.5 Å². The van der Waals surface area contributed by atoms with Crippen molar-refractivity contribution in [3.05, 3.63) is 45.7 Å². The van der Waals surface area contributed by atoms with E-state index in [1.54, 1.807) is 0 Å². The highest BCUT2D eigenvalue weighted by Gasteiger charge is 2.40. The molecular weight excluding hydrogens is 418 g/mol. The van der Waals surface area contributed by atoms with Crippen molar-refractivity contribution in [3.8, 4) is 11.8 Å². The minimum Gasteiger partial charge on any atom is -0.494 e. The van der Waals surface area contributed by atoms with Gasteiger partial charge in [-0.05, 0) is 56.2 Å². The van der Waals surface area contributed by atoms with Gasteiger partial charge in [-0.3, -0.25) is 14.6 Å². The molecule has 0 saturated carbocycles. The topological polar surface area (TPSA) is 111 Å². The van der Waals surface area contributed by atoms with Crippen LogP contribution in [0.5, 0.6) is 5.75 Å². The van der Waals surface area contributed by atoms with Crippen LogP contribution >= 0.6 is 0 Å². The lowest BCUT2D eigenvalue weighted by molar-refractivity contribution is -0.119. The maximum atomic E-state index is 13.3. The zero-order chi connectivity index (χ0) is 23.5. The van der Waals surface area contributed by atoms with E-state index in [0.29, 0.717) is 29.6 Å². The highest BCUT2D eigenvalue weighted by Crippen LogP contribution is 2.39. The van der Waals surface area contributed by atoms with Crippen LogP contribution < -0.4 is 20.5 Å². The number of H-pyrrole nitrogens is 1. The van der Waals surface area contributed by atoms with E-state index >= 15 is 0 Å². The normalized spacial score (nSPS) is 22.5. The van der Waals surface area contributed by atoms with Gasteiger partial charge in [0.15, 0.2) is 0 Å². The molecule has 2 N–H and O–H groups in total. The molecule has 0 bridgehead atoms. The van der Waals surface area contributed by atoms with Gasteiger partial charge in [-0.1, -0.05) is 26.0 Å². The Hall–Kier alpha value is -3.34. The van der Waals surface area contributed by atoms with E-state index in [9.17, 15) is 14.9 Å². The van der Waals surface area contributed by atoms with E-state index in [1.807, 2.05) is 24.3 Å². The van der Waals surface area contributed by atoms with Gasteiger partial charge in [-0.15, -0.1) is 0 Å². The second-order valence-corrected chi connectivity index (χ2v) is 9.36. The monoisotopic (exact) mass is 449 g/mol. The average molecular weight is 450 g/mol. The van der Waals surface area contributed by atoms with Gasteiger partial charge in [-0.25, -0.2) is 0 Å². The van der Waals surface area contributed by atoms with Gasteiger partial charge in [0.2, 0.25) is 11.9 Å². The van der Waals surface area contributed by atoms with Crippen molar-refractivity contribution in [2.75, 3.05) is 23.4 Å². The summed E-state index contributed by atoms with van der Waals surface area (Å²) in [5.41, 5.74) is 0.707. The molecule has 0 radical (unpaired) electrons. The number of benzene rings is 1. The van der Waals surface area contributed by atoms with Gasteiger partial charge in [-0.2, -0.15) is 10.2 Å². The number of ether oxygens (including phenoxy) is 1. The fourth-order valence-corrected chi connectivity index (χ4v) is 4.59. The number of nitrogens with one attached hydrogen (secondary N) is 2. The summed E-state index contributed by atoms with van der Waals surface area (Å²) in [6, 6.07) is 9.62. The summed E-state index contributed by atoms with van der Waals surface area (Å²) in [7, 11) is 0. The molecule has 2 aliphatic rings. The third-order valence-corrected chi connectivity index (χ3v) is 6.53. The van der Waals surface area contributed by atoms with Gasteiger partial charge in [0.05, 0.1) is 18.2 Å². The Morgan fingerprint density at radius 1 is 1.24 bits per heavy atom. The van der Waals surface area contributed by atoms with E-state index in [1.165, 1.54) is 0 Å². The van der Waals surface area contributed by atoms with Crippen molar-refractivity contribution < 1.29 is 9.53 Å². The van der Waals surface area contributed by atoms with Crippen molar-refractivity contribution in [2.45, 2.75) is 58.4 Å². The molecule has 3 unspecified atom stereocenters. The second-order valence-electron chi connectivity index (χ2n) is 9.36. The molecular formula is C25H31N5O3. The highest BCUT2D eigenvalue weighted by atomic mass is 16.5. The number of aromatic nitrogens is 2. The minimum absolute atomic E-state index is 0.241. The SMILES string of the molecule is CC(C)CCOc1ccc(C2c3c(nc(N4CCCCC4C)[nH]c3=O)NC(=O)C2C#N)cc1. The molecule has 1 fully saturated rings. The molecule has 1 saturated heterocycles. The van der Waals surface area contributed by atoms with Crippen molar-refractivity contribution in [1.82, 2.24) is 9.97 Å². The summed E-state index contributed by atoms with van der Waals surface area (Å²) >= 11 is 0. The van der Waals surface area contributed by atoms with Gasteiger partial charge in [0.25, 0.3) is 5.56 Å². The number of carbonyl (C=O) groups is 1. The number of aromatic amines is 1. The third kappa shape index (κ3) is 4.72. The van der Waals surface area contributed by atoms with Crippen LogP contribution in [0.4, 0.5) is 11.8 Å². The number of hydrogen-bond donors (Lipinski definition) is 2. The lowest BCUT2D eigenvalue weighted by Gasteiger charge is -2.35. The summed E-state index contributed by atoms with van der Waals surface area (Å²) in [4.78, 5) is 35.6. The standard InChI is InChI=1S/C25H31N5O3/c1-15(2)11-13-33-18-9-7-17(8-10-18)20-19(14-26)23(31)27-22-21(20)24(32)29-25(28-22)30-12-5-4-6-16(30)3/h7-10,15-16,19-20H,4-6,11-13H2,1-3H3,(H2,27,28,29,31,32). The molecule has 33 heavy (non-hydrogen) atoms. The molecule has 0 spiro atoms. The fraction of sp³-hybridized carbons (Fsp3) is 0.520. The number of anilines is 2. The Morgan fingerprint density at radius 2 is 2.00 bits per heavy atom. The van der Waals surface area contributed by atoms with Crippen molar-refractivity contribution in [1.29, 1.82) is 5.26 Å². The van der Waals surface area contributed by atoms with Crippen LogP contribution in [0.3, 0.4) is 0 Å². The van der Waals surface area contributed by atoms with E-state index in [0.717, 1.165) is 38.0 Å². The highest BCUT2D eigenvalue weighted by molar-refractivity contribution is 5.98.